The second-order valence-electron chi connectivity index (χ2n) is 6.43. The largest absolute Gasteiger partial charge is 0.490 e. The van der Waals surface area contributed by atoms with Gasteiger partial charge in [0.2, 0.25) is 0 Å². The Hall–Kier alpha value is -1.53. The Kier molecular flexibility index (Phi) is 7.80. The molecule has 4 nitrogen and oxygen atoms in total. The molecule has 0 spiro atoms. The van der Waals surface area contributed by atoms with Crippen LogP contribution in [0.25, 0.3) is 0 Å². The zero-order valence-electron chi connectivity index (χ0n) is 15.7. The number of halogens is 2. The van der Waals surface area contributed by atoms with Gasteiger partial charge in [-0.2, -0.15) is 0 Å². The number of rotatable bonds is 8. The van der Waals surface area contributed by atoms with Crippen molar-refractivity contribution in [1.82, 2.24) is 5.32 Å². The van der Waals surface area contributed by atoms with Gasteiger partial charge in [-0.1, -0.05) is 41.5 Å². The van der Waals surface area contributed by atoms with E-state index in [0.717, 1.165) is 30.6 Å². The van der Waals surface area contributed by atoms with Gasteiger partial charge in [0.05, 0.1) is 12.7 Å². The van der Waals surface area contributed by atoms with E-state index in [0.29, 0.717) is 39.7 Å². The highest BCUT2D eigenvalue weighted by Crippen LogP contribution is 2.31. The van der Waals surface area contributed by atoms with Gasteiger partial charge in [0.15, 0.2) is 11.5 Å². The number of hydrogen-bond donors (Lipinski definition) is 1. The maximum Gasteiger partial charge on any atom is 0.161 e. The van der Waals surface area contributed by atoms with Crippen molar-refractivity contribution in [3.8, 4) is 11.5 Å². The Morgan fingerprint density at radius 2 is 1.96 bits per heavy atom. The molecule has 0 saturated carbocycles. The third kappa shape index (κ3) is 5.51. The zero-order valence-corrected chi connectivity index (χ0v) is 18.0. The summed E-state index contributed by atoms with van der Waals surface area (Å²) in [6.07, 6.45) is 2.40. The van der Waals surface area contributed by atoms with Gasteiger partial charge in [-0.05, 0) is 50.1 Å². The van der Waals surface area contributed by atoms with Crippen LogP contribution in [0.15, 0.2) is 36.4 Å². The molecule has 1 atom stereocenters. The Balaban J connectivity index is 1.68. The van der Waals surface area contributed by atoms with E-state index >= 15 is 0 Å². The fourth-order valence-corrected chi connectivity index (χ4v) is 3.69. The van der Waals surface area contributed by atoms with Gasteiger partial charge >= 0.3 is 0 Å². The predicted molar refractivity (Wildman–Crippen MR) is 117 cm³/mol. The topological polar surface area (TPSA) is 39.7 Å². The Morgan fingerprint density at radius 3 is 2.64 bits per heavy atom. The number of ether oxygens (including phenoxy) is 3. The summed E-state index contributed by atoms with van der Waals surface area (Å²) in [6, 6.07) is 11.0. The minimum atomic E-state index is 0.229. The van der Waals surface area contributed by atoms with E-state index in [2.05, 4.69) is 5.32 Å². The monoisotopic (exact) mass is 439 g/mol. The summed E-state index contributed by atoms with van der Waals surface area (Å²) >= 11 is 18.0. The van der Waals surface area contributed by atoms with Gasteiger partial charge in [0, 0.05) is 34.3 Å². The van der Waals surface area contributed by atoms with Gasteiger partial charge in [0.25, 0.3) is 0 Å². The van der Waals surface area contributed by atoms with Gasteiger partial charge in [-0.3, -0.25) is 0 Å². The first-order chi connectivity index (χ1) is 13.6. The molecule has 0 radical (unpaired) electrons. The van der Waals surface area contributed by atoms with E-state index in [1.54, 1.807) is 18.2 Å². The third-order valence-corrected chi connectivity index (χ3v) is 5.54. The summed E-state index contributed by atoms with van der Waals surface area (Å²) < 4.78 is 17.3. The number of nitrogens with one attached hydrogen (secondary N) is 1. The second kappa shape index (κ2) is 10.3. The van der Waals surface area contributed by atoms with Crippen molar-refractivity contribution in [2.45, 2.75) is 32.5 Å². The molecule has 7 heteroatoms. The fraction of sp³-hybridized carbons (Fsp3) is 0.381. The molecule has 0 unspecified atom stereocenters. The molecule has 2 aromatic carbocycles. The molecule has 3 rings (SSSR count). The summed E-state index contributed by atoms with van der Waals surface area (Å²) in [5.41, 5.74) is 1.62. The zero-order chi connectivity index (χ0) is 19.9. The highest BCUT2D eigenvalue weighted by molar-refractivity contribution is 7.80. The Bertz CT molecular complexity index is 805. The van der Waals surface area contributed by atoms with Crippen LogP contribution in [0.3, 0.4) is 0 Å². The van der Waals surface area contributed by atoms with Crippen molar-refractivity contribution >= 4 is 40.4 Å². The van der Waals surface area contributed by atoms with E-state index in [-0.39, 0.29) is 12.7 Å². The first-order valence-corrected chi connectivity index (χ1v) is 10.5. The molecular weight excluding hydrogens is 417 g/mol. The normalized spacial score (nSPS) is 16.0. The van der Waals surface area contributed by atoms with E-state index in [9.17, 15) is 0 Å². The van der Waals surface area contributed by atoms with Gasteiger partial charge in [-0.25, -0.2) is 0 Å². The van der Waals surface area contributed by atoms with Crippen LogP contribution in [0, 0.1) is 0 Å². The van der Waals surface area contributed by atoms with E-state index < -0.39 is 0 Å². The number of hydrogen-bond acceptors (Lipinski definition) is 4. The van der Waals surface area contributed by atoms with Crippen molar-refractivity contribution in [1.29, 1.82) is 0 Å². The van der Waals surface area contributed by atoms with Crippen LogP contribution in [-0.2, 0) is 11.3 Å². The lowest BCUT2D eigenvalue weighted by molar-refractivity contribution is 0.114. The average molecular weight is 440 g/mol. The lowest BCUT2D eigenvalue weighted by atomic mass is 10.2. The fourth-order valence-electron chi connectivity index (χ4n) is 2.97. The van der Waals surface area contributed by atoms with Crippen molar-refractivity contribution in [3.63, 3.8) is 0 Å². The Labute approximate surface area is 181 Å². The average Bonchev–Trinajstić information content (AvgIpc) is 3.20. The van der Waals surface area contributed by atoms with E-state index in [1.165, 1.54) is 0 Å². The maximum atomic E-state index is 6.22. The van der Waals surface area contributed by atoms with Gasteiger partial charge < -0.3 is 19.5 Å². The molecule has 1 heterocycles. The van der Waals surface area contributed by atoms with Crippen LogP contribution in [0.4, 0.5) is 0 Å². The SMILES string of the molecule is CCOc1cc(C(=S)NC[C@@H]2CCCO2)ccc1OCc1c(Cl)cccc1Cl. The number of benzene rings is 2. The van der Waals surface area contributed by atoms with Crippen LogP contribution in [-0.4, -0.2) is 30.9 Å². The molecule has 2 aromatic rings. The standard InChI is InChI=1S/C21H23Cl2NO3S/c1-2-25-20-11-14(21(28)24-12-15-5-4-10-26-15)8-9-19(20)27-13-16-17(22)6-3-7-18(16)23/h3,6-9,11,15H,2,4-5,10,12-13H2,1H3,(H,24,28)/t15-/m0/s1. The molecule has 0 amide bonds. The van der Waals surface area contributed by atoms with E-state index in [1.807, 2.05) is 25.1 Å². The smallest absolute Gasteiger partial charge is 0.161 e. The van der Waals surface area contributed by atoms with Crippen LogP contribution < -0.4 is 14.8 Å². The highest BCUT2D eigenvalue weighted by Gasteiger charge is 2.16. The first kappa shape index (κ1) is 21.2. The van der Waals surface area contributed by atoms with Crippen LogP contribution in [0.1, 0.15) is 30.9 Å². The lowest BCUT2D eigenvalue weighted by Crippen LogP contribution is -2.31. The van der Waals surface area contributed by atoms with Crippen LogP contribution in [0.2, 0.25) is 10.0 Å². The molecule has 0 bridgehead atoms. The minimum Gasteiger partial charge on any atom is -0.490 e. The summed E-state index contributed by atoms with van der Waals surface area (Å²) in [5, 5.41) is 4.42. The molecule has 28 heavy (non-hydrogen) atoms. The summed E-state index contributed by atoms with van der Waals surface area (Å²) in [4.78, 5) is 0.664. The first-order valence-electron chi connectivity index (χ1n) is 9.30. The molecule has 1 saturated heterocycles. The second-order valence-corrected chi connectivity index (χ2v) is 7.65. The molecule has 0 aromatic heterocycles. The molecule has 1 aliphatic heterocycles. The quantitative estimate of drug-likeness (QED) is 0.556. The molecule has 1 aliphatic rings. The molecule has 0 aliphatic carbocycles. The summed E-state index contributed by atoms with van der Waals surface area (Å²) in [6.45, 7) is 4.24. The minimum absolute atomic E-state index is 0.229. The van der Waals surface area contributed by atoms with Crippen LogP contribution >= 0.6 is 35.4 Å². The molecule has 1 N–H and O–H groups in total. The summed E-state index contributed by atoms with van der Waals surface area (Å²) in [5.74, 6) is 1.24. The lowest BCUT2D eigenvalue weighted by Gasteiger charge is -2.16. The molecule has 150 valence electrons. The van der Waals surface area contributed by atoms with Crippen molar-refractivity contribution < 1.29 is 14.2 Å². The van der Waals surface area contributed by atoms with Crippen molar-refractivity contribution in [3.05, 3.63) is 57.6 Å². The van der Waals surface area contributed by atoms with Crippen LogP contribution in [0.5, 0.6) is 11.5 Å². The molecule has 1 fully saturated rings. The predicted octanol–water partition coefficient (Wildman–Crippen LogP) is 5.42. The van der Waals surface area contributed by atoms with E-state index in [4.69, 9.17) is 49.6 Å². The molecular formula is C21H23Cl2NO3S. The highest BCUT2D eigenvalue weighted by atomic mass is 35.5. The summed E-state index contributed by atoms with van der Waals surface area (Å²) in [7, 11) is 0. The van der Waals surface area contributed by atoms with Gasteiger partial charge in [-0.15, -0.1) is 0 Å². The number of thiocarbonyl (C=S) groups is 1. The third-order valence-electron chi connectivity index (χ3n) is 4.45. The van der Waals surface area contributed by atoms with Crippen molar-refractivity contribution in [2.24, 2.45) is 0 Å². The van der Waals surface area contributed by atoms with Gasteiger partial charge in [0.1, 0.15) is 11.6 Å². The maximum absolute atomic E-state index is 6.22. The van der Waals surface area contributed by atoms with Crippen molar-refractivity contribution in [2.75, 3.05) is 19.8 Å². The Morgan fingerprint density at radius 1 is 1.18 bits per heavy atom.